The minimum Gasteiger partial charge on any atom is -0.451 e. The van der Waals surface area contributed by atoms with Gasteiger partial charge >= 0.3 is 5.97 Å². The Balaban J connectivity index is 1.57. The molecule has 27 heavy (non-hydrogen) atoms. The zero-order chi connectivity index (χ0) is 19.4. The van der Waals surface area contributed by atoms with Crippen LogP contribution in [0.15, 0.2) is 47.8 Å². The second-order valence-corrected chi connectivity index (χ2v) is 6.59. The fraction of sp³-hybridized carbons (Fsp3) is 0.0556. The number of benzene rings is 2. The zero-order valence-corrected chi connectivity index (χ0v) is 15.1. The van der Waals surface area contributed by atoms with E-state index in [1.165, 1.54) is 16.7 Å². The van der Waals surface area contributed by atoms with Gasteiger partial charge in [-0.1, -0.05) is 23.7 Å². The van der Waals surface area contributed by atoms with Crippen LogP contribution < -0.4 is 5.32 Å². The van der Waals surface area contributed by atoms with Crippen molar-refractivity contribution >= 4 is 40.5 Å². The Labute approximate surface area is 161 Å². The van der Waals surface area contributed by atoms with Crippen LogP contribution in [0.1, 0.15) is 10.5 Å². The lowest BCUT2D eigenvalue weighted by Crippen LogP contribution is -2.21. The number of aromatic nitrogens is 1. The van der Waals surface area contributed by atoms with E-state index in [0.29, 0.717) is 16.1 Å². The second kappa shape index (κ2) is 8.24. The number of ether oxygens (including phenoxy) is 1. The summed E-state index contributed by atoms with van der Waals surface area (Å²) in [4.78, 5) is 27.9. The van der Waals surface area contributed by atoms with Crippen LogP contribution in [-0.4, -0.2) is 23.5 Å². The molecule has 0 atom stereocenters. The smallest absolute Gasteiger partial charge is 0.358 e. The Hall–Kier alpha value is -2.84. The summed E-state index contributed by atoms with van der Waals surface area (Å²) in [7, 11) is 0. The molecule has 1 heterocycles. The highest BCUT2D eigenvalue weighted by Gasteiger charge is 2.16. The topological polar surface area (TPSA) is 68.3 Å². The van der Waals surface area contributed by atoms with Crippen molar-refractivity contribution in [1.82, 2.24) is 4.98 Å². The van der Waals surface area contributed by atoms with Crippen molar-refractivity contribution < 1.29 is 23.1 Å². The van der Waals surface area contributed by atoms with Crippen LogP contribution in [-0.2, 0) is 9.53 Å². The molecule has 1 amide bonds. The van der Waals surface area contributed by atoms with E-state index in [2.05, 4.69) is 10.3 Å². The van der Waals surface area contributed by atoms with Gasteiger partial charge in [0, 0.05) is 22.0 Å². The average molecular weight is 409 g/mol. The van der Waals surface area contributed by atoms with Crippen LogP contribution in [0, 0.1) is 11.6 Å². The number of hydrogen-bond donors (Lipinski definition) is 1. The molecule has 0 unspecified atom stereocenters. The average Bonchev–Trinajstić information content (AvgIpc) is 3.13. The van der Waals surface area contributed by atoms with Crippen LogP contribution in [0.3, 0.4) is 0 Å². The van der Waals surface area contributed by atoms with Crippen LogP contribution in [0.2, 0.25) is 5.02 Å². The molecule has 0 aliphatic heterocycles. The van der Waals surface area contributed by atoms with Crippen LogP contribution in [0.4, 0.5) is 14.5 Å². The van der Waals surface area contributed by atoms with Gasteiger partial charge in [-0.25, -0.2) is 18.6 Å². The molecule has 9 heteroatoms. The molecule has 2 aromatic carbocycles. The van der Waals surface area contributed by atoms with E-state index < -0.39 is 30.1 Å². The Morgan fingerprint density at radius 2 is 1.89 bits per heavy atom. The lowest BCUT2D eigenvalue weighted by Gasteiger charge is -2.06. The van der Waals surface area contributed by atoms with E-state index in [4.69, 9.17) is 16.3 Å². The number of nitrogens with one attached hydrogen (secondary N) is 1. The van der Waals surface area contributed by atoms with Gasteiger partial charge in [0.25, 0.3) is 5.91 Å². The monoisotopic (exact) mass is 408 g/mol. The van der Waals surface area contributed by atoms with Gasteiger partial charge in [-0.15, -0.1) is 11.3 Å². The van der Waals surface area contributed by atoms with E-state index in [9.17, 15) is 18.4 Å². The van der Waals surface area contributed by atoms with Gasteiger partial charge in [0.1, 0.15) is 16.6 Å². The van der Waals surface area contributed by atoms with Crippen molar-refractivity contribution in [3.05, 3.63) is 70.2 Å². The number of rotatable bonds is 5. The van der Waals surface area contributed by atoms with E-state index in [1.807, 2.05) is 0 Å². The summed E-state index contributed by atoms with van der Waals surface area (Å²) in [6.07, 6.45) is 0. The third-order valence-electron chi connectivity index (χ3n) is 3.34. The first-order valence-corrected chi connectivity index (χ1v) is 8.81. The van der Waals surface area contributed by atoms with Crippen molar-refractivity contribution in [2.75, 3.05) is 11.9 Å². The molecule has 3 aromatic rings. The summed E-state index contributed by atoms with van der Waals surface area (Å²) in [5.74, 6) is -3.25. The first-order chi connectivity index (χ1) is 12.9. The molecule has 0 aliphatic rings. The second-order valence-electron chi connectivity index (χ2n) is 5.29. The minimum absolute atomic E-state index is 0.0470. The maximum Gasteiger partial charge on any atom is 0.358 e. The normalized spacial score (nSPS) is 10.5. The number of amides is 1. The minimum atomic E-state index is -0.929. The molecule has 0 saturated carbocycles. The van der Waals surface area contributed by atoms with Crippen molar-refractivity contribution in [3.63, 3.8) is 0 Å². The molecule has 5 nitrogen and oxygen atoms in total. The van der Waals surface area contributed by atoms with E-state index in [-0.39, 0.29) is 11.4 Å². The number of hydrogen-bond acceptors (Lipinski definition) is 5. The largest absolute Gasteiger partial charge is 0.451 e. The van der Waals surface area contributed by atoms with Crippen molar-refractivity contribution in [3.8, 4) is 10.6 Å². The van der Waals surface area contributed by atoms with E-state index >= 15 is 0 Å². The number of anilines is 1. The van der Waals surface area contributed by atoms with Crippen LogP contribution in [0.5, 0.6) is 0 Å². The van der Waals surface area contributed by atoms with Gasteiger partial charge in [0.2, 0.25) is 0 Å². The molecular weight excluding hydrogens is 398 g/mol. The Bertz CT molecular complexity index is 993. The lowest BCUT2D eigenvalue weighted by molar-refractivity contribution is -0.119. The van der Waals surface area contributed by atoms with Gasteiger partial charge < -0.3 is 10.1 Å². The van der Waals surface area contributed by atoms with Crippen LogP contribution >= 0.6 is 22.9 Å². The van der Waals surface area contributed by atoms with Crippen LogP contribution in [0.25, 0.3) is 10.6 Å². The molecule has 0 saturated heterocycles. The molecule has 1 aromatic heterocycles. The number of carbonyl (C=O) groups is 2. The third kappa shape index (κ3) is 4.87. The van der Waals surface area contributed by atoms with Crippen molar-refractivity contribution in [1.29, 1.82) is 0 Å². The molecule has 138 valence electrons. The van der Waals surface area contributed by atoms with Crippen molar-refractivity contribution in [2.24, 2.45) is 0 Å². The highest BCUT2D eigenvalue weighted by Crippen LogP contribution is 2.25. The Morgan fingerprint density at radius 1 is 1.15 bits per heavy atom. The number of esters is 1. The van der Waals surface area contributed by atoms with Gasteiger partial charge in [-0.2, -0.15) is 0 Å². The number of nitrogens with zero attached hydrogens (tertiary/aromatic N) is 1. The first-order valence-electron chi connectivity index (χ1n) is 7.56. The predicted molar refractivity (Wildman–Crippen MR) is 97.8 cm³/mol. The molecule has 0 aliphatic carbocycles. The van der Waals surface area contributed by atoms with Gasteiger partial charge in [0.05, 0.1) is 5.69 Å². The predicted octanol–water partition coefficient (Wildman–Crippen LogP) is 4.54. The number of halogens is 3. The summed E-state index contributed by atoms with van der Waals surface area (Å²) in [5, 5.41) is 4.87. The summed E-state index contributed by atoms with van der Waals surface area (Å²) >= 11 is 7.07. The molecule has 0 spiro atoms. The van der Waals surface area contributed by atoms with Gasteiger partial charge in [-0.3, -0.25) is 4.79 Å². The molecule has 0 radical (unpaired) electrons. The summed E-state index contributed by atoms with van der Waals surface area (Å²) in [6.45, 7) is -0.635. The first kappa shape index (κ1) is 18.9. The summed E-state index contributed by atoms with van der Waals surface area (Å²) in [5.41, 5.74) is 0.620. The standard InChI is InChI=1S/C18H11ClF2N2O3S/c19-11-3-1-10(2-4-11)17-23-15(9-27-17)18(25)26-8-16(24)22-14-6-5-12(20)7-13(14)21/h1-7,9H,8H2,(H,22,24). The van der Waals surface area contributed by atoms with Crippen molar-refractivity contribution in [2.45, 2.75) is 0 Å². The number of thiazole rings is 1. The van der Waals surface area contributed by atoms with Gasteiger partial charge in [-0.05, 0) is 24.3 Å². The zero-order valence-electron chi connectivity index (χ0n) is 13.5. The van der Waals surface area contributed by atoms with E-state index in [1.54, 1.807) is 24.3 Å². The molecule has 0 bridgehead atoms. The highest BCUT2D eigenvalue weighted by atomic mass is 35.5. The highest BCUT2D eigenvalue weighted by molar-refractivity contribution is 7.13. The fourth-order valence-electron chi connectivity index (χ4n) is 2.07. The maximum absolute atomic E-state index is 13.5. The SMILES string of the molecule is O=C(COC(=O)c1csc(-c2ccc(Cl)cc2)n1)Nc1ccc(F)cc1F. The molecule has 1 N–H and O–H groups in total. The maximum atomic E-state index is 13.5. The quantitative estimate of drug-likeness (QED) is 0.629. The fourth-order valence-corrected chi connectivity index (χ4v) is 3.00. The Morgan fingerprint density at radius 3 is 2.59 bits per heavy atom. The lowest BCUT2D eigenvalue weighted by atomic mass is 10.2. The summed E-state index contributed by atoms with van der Waals surface area (Å²) < 4.78 is 31.2. The number of carbonyl (C=O) groups excluding carboxylic acids is 2. The third-order valence-corrected chi connectivity index (χ3v) is 4.49. The molecule has 0 fully saturated rings. The summed E-state index contributed by atoms with van der Waals surface area (Å²) in [6, 6.07) is 9.64. The van der Waals surface area contributed by atoms with E-state index in [0.717, 1.165) is 17.7 Å². The molecule has 3 rings (SSSR count). The van der Waals surface area contributed by atoms with Gasteiger partial charge in [0.15, 0.2) is 12.3 Å². The Kier molecular flexibility index (Phi) is 5.78. The molecular formula is C18H11ClF2N2O3S.